The first-order valence-electron chi connectivity index (χ1n) is 8.42. The molecule has 2 amide bonds. The van der Waals surface area contributed by atoms with E-state index in [2.05, 4.69) is 16.5 Å². The van der Waals surface area contributed by atoms with Crippen molar-refractivity contribution in [1.82, 2.24) is 5.01 Å². The Balaban J connectivity index is 1.73. The van der Waals surface area contributed by atoms with E-state index in [1.165, 1.54) is 10.6 Å². The van der Waals surface area contributed by atoms with Crippen molar-refractivity contribution in [2.45, 2.75) is 38.5 Å². The van der Waals surface area contributed by atoms with Gasteiger partial charge in [-0.15, -0.1) is 0 Å². The molecule has 0 saturated heterocycles. The normalized spacial score (nSPS) is 27.0. The number of carbonyl (C=O) groups is 2. The second kappa shape index (κ2) is 5.48. The molecule has 5 heteroatoms. The standard InChI is InChI=1S/C18H21N3O2/c1-21-18(23)14-6-3-5-13(14)17(20-21)12-8-9-15-11(10-12)4-2-7-16(22)19-15/h8-10,13-14H,2-7H2,1H3,(H,19,22). The molecule has 4 rings (SSSR count). The van der Waals surface area contributed by atoms with Crippen LogP contribution >= 0.6 is 0 Å². The minimum Gasteiger partial charge on any atom is -0.326 e. The molecule has 1 saturated carbocycles. The molecule has 1 fully saturated rings. The highest BCUT2D eigenvalue weighted by atomic mass is 16.2. The van der Waals surface area contributed by atoms with Gasteiger partial charge >= 0.3 is 0 Å². The monoisotopic (exact) mass is 311 g/mol. The van der Waals surface area contributed by atoms with Gasteiger partial charge in [0.15, 0.2) is 0 Å². The number of nitrogens with zero attached hydrogens (tertiary/aromatic N) is 2. The van der Waals surface area contributed by atoms with E-state index >= 15 is 0 Å². The first-order chi connectivity index (χ1) is 11.1. The number of amides is 2. The third-order valence-corrected chi connectivity index (χ3v) is 5.29. The second-order valence-electron chi connectivity index (χ2n) is 6.76. The number of hydrogen-bond acceptors (Lipinski definition) is 3. The van der Waals surface area contributed by atoms with E-state index in [1.807, 2.05) is 12.1 Å². The summed E-state index contributed by atoms with van der Waals surface area (Å²) in [5.74, 6) is 0.578. The summed E-state index contributed by atoms with van der Waals surface area (Å²) in [6.07, 6.45) is 5.45. The summed E-state index contributed by atoms with van der Waals surface area (Å²) >= 11 is 0. The van der Waals surface area contributed by atoms with E-state index in [1.54, 1.807) is 7.05 Å². The van der Waals surface area contributed by atoms with E-state index in [4.69, 9.17) is 0 Å². The Morgan fingerprint density at radius 2 is 1.96 bits per heavy atom. The quantitative estimate of drug-likeness (QED) is 0.866. The van der Waals surface area contributed by atoms with Crippen LogP contribution in [0.5, 0.6) is 0 Å². The fourth-order valence-electron chi connectivity index (χ4n) is 4.11. The Morgan fingerprint density at radius 3 is 2.83 bits per heavy atom. The molecule has 1 aliphatic carbocycles. The van der Waals surface area contributed by atoms with Crippen LogP contribution in [0, 0.1) is 11.8 Å². The van der Waals surface area contributed by atoms with E-state index in [0.29, 0.717) is 6.42 Å². The largest absolute Gasteiger partial charge is 0.326 e. The van der Waals surface area contributed by atoms with Gasteiger partial charge in [-0.25, -0.2) is 5.01 Å². The van der Waals surface area contributed by atoms with E-state index < -0.39 is 0 Å². The Labute approximate surface area is 135 Å². The predicted octanol–water partition coefficient (Wildman–Crippen LogP) is 2.55. The van der Waals surface area contributed by atoms with Crippen LogP contribution in [-0.4, -0.2) is 29.6 Å². The zero-order valence-electron chi connectivity index (χ0n) is 13.3. The lowest BCUT2D eigenvalue weighted by Crippen LogP contribution is -2.40. The minimum atomic E-state index is 0.0889. The fourth-order valence-corrected chi connectivity index (χ4v) is 4.11. The number of anilines is 1. The lowest BCUT2D eigenvalue weighted by Gasteiger charge is -2.30. The van der Waals surface area contributed by atoms with Gasteiger partial charge in [0.1, 0.15) is 0 Å². The number of carbonyl (C=O) groups excluding carboxylic acids is 2. The fraction of sp³-hybridized carbons (Fsp3) is 0.500. The number of hydrazone groups is 1. The molecule has 0 bridgehead atoms. The highest BCUT2D eigenvalue weighted by molar-refractivity contribution is 6.07. The highest BCUT2D eigenvalue weighted by Crippen LogP contribution is 2.39. The van der Waals surface area contributed by atoms with Crippen LogP contribution in [0.3, 0.4) is 0 Å². The van der Waals surface area contributed by atoms with Crippen LogP contribution in [0.25, 0.3) is 0 Å². The maximum absolute atomic E-state index is 12.3. The van der Waals surface area contributed by atoms with Crippen molar-refractivity contribution in [3.8, 4) is 0 Å². The molecule has 2 atom stereocenters. The minimum absolute atomic E-state index is 0.0889. The average molecular weight is 311 g/mol. The van der Waals surface area contributed by atoms with Crippen LogP contribution in [-0.2, 0) is 16.0 Å². The third kappa shape index (κ3) is 2.44. The van der Waals surface area contributed by atoms with Crippen LogP contribution in [0.1, 0.15) is 43.2 Å². The van der Waals surface area contributed by atoms with Gasteiger partial charge in [-0.1, -0.05) is 12.5 Å². The van der Waals surface area contributed by atoms with Gasteiger partial charge in [0.25, 0.3) is 0 Å². The zero-order valence-corrected chi connectivity index (χ0v) is 13.3. The van der Waals surface area contributed by atoms with Crippen LogP contribution in [0.15, 0.2) is 23.3 Å². The topological polar surface area (TPSA) is 61.8 Å². The average Bonchev–Trinajstić information content (AvgIpc) is 2.94. The summed E-state index contributed by atoms with van der Waals surface area (Å²) in [5.41, 5.74) is 4.22. The van der Waals surface area contributed by atoms with E-state index in [9.17, 15) is 9.59 Å². The Hall–Kier alpha value is -2.17. The molecule has 3 aliphatic rings. The number of aryl methyl sites for hydroxylation is 1. The van der Waals surface area contributed by atoms with E-state index in [0.717, 1.165) is 49.1 Å². The van der Waals surface area contributed by atoms with Crippen LogP contribution in [0.4, 0.5) is 5.69 Å². The Kier molecular flexibility index (Phi) is 3.43. The molecule has 1 aromatic rings. The lowest BCUT2D eigenvalue weighted by molar-refractivity contribution is -0.135. The van der Waals surface area contributed by atoms with Crippen molar-refractivity contribution in [3.63, 3.8) is 0 Å². The van der Waals surface area contributed by atoms with E-state index in [-0.39, 0.29) is 23.7 Å². The molecule has 1 N–H and O–H groups in total. The van der Waals surface area contributed by atoms with Crippen molar-refractivity contribution < 1.29 is 9.59 Å². The van der Waals surface area contributed by atoms with Crippen molar-refractivity contribution in [3.05, 3.63) is 29.3 Å². The molecule has 2 heterocycles. The van der Waals surface area contributed by atoms with Crippen molar-refractivity contribution >= 4 is 23.2 Å². The van der Waals surface area contributed by atoms with Gasteiger partial charge in [-0.2, -0.15) is 5.10 Å². The first kappa shape index (κ1) is 14.4. The molecule has 120 valence electrons. The Morgan fingerprint density at radius 1 is 1.13 bits per heavy atom. The number of rotatable bonds is 1. The molecule has 0 aromatic heterocycles. The summed E-state index contributed by atoms with van der Waals surface area (Å²) in [4.78, 5) is 24.0. The number of fused-ring (bicyclic) bond motifs is 2. The molecule has 1 aromatic carbocycles. The van der Waals surface area contributed by atoms with Crippen molar-refractivity contribution in [2.24, 2.45) is 16.9 Å². The SMILES string of the molecule is CN1N=C(c2ccc3c(c2)CCCC(=O)N3)C2CCCC2C1=O. The molecular weight excluding hydrogens is 290 g/mol. The van der Waals surface area contributed by atoms with Gasteiger partial charge in [0.2, 0.25) is 11.8 Å². The van der Waals surface area contributed by atoms with Gasteiger partial charge in [-0.05, 0) is 48.9 Å². The predicted molar refractivity (Wildman–Crippen MR) is 88.1 cm³/mol. The molecule has 23 heavy (non-hydrogen) atoms. The molecule has 2 aliphatic heterocycles. The summed E-state index contributed by atoms with van der Waals surface area (Å²) in [7, 11) is 1.75. The summed E-state index contributed by atoms with van der Waals surface area (Å²) < 4.78 is 0. The van der Waals surface area contributed by atoms with Gasteiger partial charge in [0.05, 0.1) is 5.71 Å². The highest BCUT2D eigenvalue weighted by Gasteiger charge is 2.41. The summed E-state index contributed by atoms with van der Waals surface area (Å²) in [6, 6.07) is 6.16. The Bertz CT molecular complexity index is 710. The molecule has 0 spiro atoms. The number of nitrogens with one attached hydrogen (secondary N) is 1. The second-order valence-corrected chi connectivity index (χ2v) is 6.76. The van der Waals surface area contributed by atoms with Gasteiger partial charge in [0, 0.05) is 31.0 Å². The molecule has 2 unspecified atom stereocenters. The third-order valence-electron chi connectivity index (χ3n) is 5.29. The van der Waals surface area contributed by atoms with Crippen LogP contribution in [0.2, 0.25) is 0 Å². The van der Waals surface area contributed by atoms with Gasteiger partial charge < -0.3 is 5.32 Å². The lowest BCUT2D eigenvalue weighted by atomic mass is 9.85. The van der Waals surface area contributed by atoms with Gasteiger partial charge in [-0.3, -0.25) is 9.59 Å². The van der Waals surface area contributed by atoms with Crippen molar-refractivity contribution in [1.29, 1.82) is 0 Å². The summed E-state index contributed by atoms with van der Waals surface area (Å²) in [5, 5.41) is 9.06. The zero-order chi connectivity index (χ0) is 16.0. The number of hydrogen-bond donors (Lipinski definition) is 1. The molecule has 0 radical (unpaired) electrons. The smallest absolute Gasteiger partial charge is 0.246 e. The van der Waals surface area contributed by atoms with Crippen LogP contribution < -0.4 is 5.32 Å². The number of benzene rings is 1. The maximum atomic E-state index is 12.3. The maximum Gasteiger partial charge on any atom is 0.246 e. The summed E-state index contributed by atoms with van der Waals surface area (Å²) in [6.45, 7) is 0. The first-order valence-corrected chi connectivity index (χ1v) is 8.42. The van der Waals surface area contributed by atoms with Crippen molar-refractivity contribution in [2.75, 3.05) is 12.4 Å². The molecular formula is C18H21N3O2. The molecule has 5 nitrogen and oxygen atoms in total.